The summed E-state index contributed by atoms with van der Waals surface area (Å²) in [6.45, 7) is 3.53. The second-order valence-electron chi connectivity index (χ2n) is 6.11. The van der Waals surface area contributed by atoms with Crippen molar-refractivity contribution in [1.29, 1.82) is 0 Å². The summed E-state index contributed by atoms with van der Waals surface area (Å²) < 4.78 is 5.39. The minimum atomic E-state index is -0.317. The molecule has 5 nitrogen and oxygen atoms in total. The third kappa shape index (κ3) is 4.38. The molecule has 0 radical (unpaired) electrons. The topological polar surface area (TPSA) is 58.6 Å². The van der Waals surface area contributed by atoms with E-state index in [1.54, 1.807) is 17.0 Å². The second-order valence-corrected chi connectivity index (χ2v) is 6.11. The van der Waals surface area contributed by atoms with Gasteiger partial charge in [-0.25, -0.2) is 0 Å². The number of hydrogen-bond donors (Lipinski definition) is 1. The van der Waals surface area contributed by atoms with E-state index in [1.165, 1.54) is 0 Å². The first-order valence-electron chi connectivity index (χ1n) is 8.51. The maximum Gasteiger partial charge on any atom is 0.229 e. The van der Waals surface area contributed by atoms with Crippen LogP contribution in [-0.2, 0) is 16.1 Å². The van der Waals surface area contributed by atoms with Crippen LogP contribution in [0.4, 0.5) is 5.69 Å². The van der Waals surface area contributed by atoms with Crippen molar-refractivity contribution in [3.05, 3.63) is 60.2 Å². The van der Waals surface area contributed by atoms with Gasteiger partial charge in [-0.2, -0.15) is 0 Å². The number of anilines is 1. The molecule has 5 heteroatoms. The van der Waals surface area contributed by atoms with Gasteiger partial charge in [0.25, 0.3) is 0 Å². The average molecular weight is 338 g/mol. The molecule has 0 spiro atoms. The molecule has 2 amide bonds. The molecule has 25 heavy (non-hydrogen) atoms. The van der Waals surface area contributed by atoms with Gasteiger partial charge in [-0.05, 0) is 36.8 Å². The number of nitrogens with one attached hydrogen (secondary N) is 1. The number of benzene rings is 2. The van der Waals surface area contributed by atoms with Gasteiger partial charge in [0.15, 0.2) is 0 Å². The molecule has 2 aromatic carbocycles. The normalized spacial score (nSPS) is 16.8. The lowest BCUT2D eigenvalue weighted by Crippen LogP contribution is -2.28. The van der Waals surface area contributed by atoms with Crippen molar-refractivity contribution < 1.29 is 14.3 Å². The molecule has 0 unspecified atom stereocenters. The van der Waals surface area contributed by atoms with E-state index in [0.29, 0.717) is 25.4 Å². The van der Waals surface area contributed by atoms with Crippen LogP contribution in [0.25, 0.3) is 0 Å². The van der Waals surface area contributed by atoms with Crippen LogP contribution in [0.15, 0.2) is 54.6 Å². The van der Waals surface area contributed by atoms with Crippen molar-refractivity contribution in [1.82, 2.24) is 4.90 Å². The molecular weight excluding hydrogens is 316 g/mol. The van der Waals surface area contributed by atoms with Gasteiger partial charge in [-0.3, -0.25) is 9.59 Å². The number of amides is 2. The van der Waals surface area contributed by atoms with E-state index in [1.807, 2.05) is 49.4 Å². The zero-order chi connectivity index (χ0) is 17.6. The number of carbonyl (C=O) groups excluding carboxylic acids is 2. The van der Waals surface area contributed by atoms with E-state index in [9.17, 15) is 9.59 Å². The molecule has 0 bridgehead atoms. The van der Waals surface area contributed by atoms with Crippen LogP contribution in [0.3, 0.4) is 0 Å². The van der Waals surface area contributed by atoms with Gasteiger partial charge >= 0.3 is 0 Å². The molecule has 1 heterocycles. The quantitative estimate of drug-likeness (QED) is 0.880. The molecular formula is C20H22N2O3. The molecule has 1 aliphatic heterocycles. The maximum atomic E-state index is 12.4. The summed E-state index contributed by atoms with van der Waals surface area (Å²) in [6, 6.07) is 17.1. The summed E-state index contributed by atoms with van der Waals surface area (Å²) in [4.78, 5) is 26.4. The van der Waals surface area contributed by atoms with Crippen LogP contribution >= 0.6 is 0 Å². The Morgan fingerprint density at radius 1 is 1.16 bits per heavy atom. The zero-order valence-corrected chi connectivity index (χ0v) is 14.3. The Morgan fingerprint density at radius 2 is 1.88 bits per heavy atom. The Kier molecular flexibility index (Phi) is 5.33. The number of ether oxygens (including phenoxy) is 1. The first-order valence-corrected chi connectivity index (χ1v) is 8.51. The lowest BCUT2D eigenvalue weighted by atomic mass is 10.1. The molecule has 0 saturated carbocycles. The predicted molar refractivity (Wildman–Crippen MR) is 96.2 cm³/mol. The fraction of sp³-hybridized carbons (Fsp3) is 0.300. The van der Waals surface area contributed by atoms with Gasteiger partial charge in [0.05, 0.1) is 12.5 Å². The van der Waals surface area contributed by atoms with Gasteiger partial charge < -0.3 is 15.0 Å². The molecule has 2 aromatic rings. The largest absolute Gasteiger partial charge is 0.494 e. The van der Waals surface area contributed by atoms with Gasteiger partial charge in [-0.1, -0.05) is 30.3 Å². The lowest BCUT2D eigenvalue weighted by molar-refractivity contribution is -0.128. The zero-order valence-electron chi connectivity index (χ0n) is 14.3. The highest BCUT2D eigenvalue weighted by atomic mass is 16.5. The summed E-state index contributed by atoms with van der Waals surface area (Å²) in [7, 11) is 0. The summed E-state index contributed by atoms with van der Waals surface area (Å²) in [5.41, 5.74) is 1.78. The van der Waals surface area contributed by atoms with Crippen LogP contribution in [-0.4, -0.2) is 29.9 Å². The van der Waals surface area contributed by atoms with E-state index in [0.717, 1.165) is 11.3 Å². The van der Waals surface area contributed by atoms with Crippen molar-refractivity contribution >= 4 is 17.5 Å². The highest BCUT2D eigenvalue weighted by Crippen LogP contribution is 2.22. The smallest absolute Gasteiger partial charge is 0.229 e. The van der Waals surface area contributed by atoms with E-state index >= 15 is 0 Å². The number of carbonyl (C=O) groups is 2. The van der Waals surface area contributed by atoms with Gasteiger partial charge in [0.1, 0.15) is 5.75 Å². The molecule has 1 atom stereocenters. The minimum Gasteiger partial charge on any atom is -0.494 e. The van der Waals surface area contributed by atoms with Crippen molar-refractivity contribution in [2.75, 3.05) is 18.5 Å². The van der Waals surface area contributed by atoms with E-state index in [-0.39, 0.29) is 24.2 Å². The summed E-state index contributed by atoms with van der Waals surface area (Å²) in [5, 5.41) is 2.88. The average Bonchev–Trinajstić information content (AvgIpc) is 2.99. The van der Waals surface area contributed by atoms with E-state index in [2.05, 4.69) is 5.32 Å². The molecule has 130 valence electrons. The predicted octanol–water partition coefficient (Wildman–Crippen LogP) is 3.07. The highest BCUT2D eigenvalue weighted by molar-refractivity contribution is 5.97. The Labute approximate surface area is 147 Å². The first kappa shape index (κ1) is 17.0. The Bertz CT molecular complexity index is 728. The van der Waals surface area contributed by atoms with Crippen LogP contribution < -0.4 is 10.1 Å². The third-order valence-corrected chi connectivity index (χ3v) is 4.23. The molecule has 3 rings (SSSR count). The Morgan fingerprint density at radius 3 is 2.56 bits per heavy atom. The van der Waals surface area contributed by atoms with Crippen molar-refractivity contribution in [3.8, 4) is 5.75 Å². The molecule has 1 aliphatic rings. The first-order chi connectivity index (χ1) is 12.2. The lowest BCUT2D eigenvalue weighted by Gasteiger charge is -2.16. The van der Waals surface area contributed by atoms with E-state index < -0.39 is 0 Å². The van der Waals surface area contributed by atoms with Gasteiger partial charge in [-0.15, -0.1) is 0 Å². The molecule has 0 aromatic heterocycles. The molecule has 1 N–H and O–H groups in total. The van der Waals surface area contributed by atoms with Crippen LogP contribution in [0, 0.1) is 5.92 Å². The summed E-state index contributed by atoms with van der Waals surface area (Å²) >= 11 is 0. The monoisotopic (exact) mass is 338 g/mol. The number of nitrogens with zero attached hydrogens (tertiary/aromatic N) is 1. The number of rotatable bonds is 6. The highest BCUT2D eigenvalue weighted by Gasteiger charge is 2.34. The maximum absolute atomic E-state index is 12.4. The number of likely N-dealkylation sites (tertiary alicyclic amines) is 1. The number of hydrogen-bond acceptors (Lipinski definition) is 3. The van der Waals surface area contributed by atoms with Crippen molar-refractivity contribution in [3.63, 3.8) is 0 Å². The minimum absolute atomic E-state index is 0.0238. The van der Waals surface area contributed by atoms with Crippen LogP contribution in [0.2, 0.25) is 0 Å². The fourth-order valence-corrected chi connectivity index (χ4v) is 2.95. The van der Waals surface area contributed by atoms with Crippen LogP contribution in [0.5, 0.6) is 5.75 Å². The molecule has 0 aliphatic carbocycles. The summed E-state index contributed by atoms with van der Waals surface area (Å²) in [6.07, 6.45) is 0.260. The van der Waals surface area contributed by atoms with Crippen molar-refractivity contribution in [2.24, 2.45) is 5.92 Å². The van der Waals surface area contributed by atoms with E-state index in [4.69, 9.17) is 4.74 Å². The third-order valence-electron chi connectivity index (χ3n) is 4.23. The standard InChI is InChI=1S/C20H22N2O3/c1-2-25-18-10-8-17(9-11-18)21-20(24)16-12-19(23)22(14-16)13-15-6-4-3-5-7-15/h3-11,16H,2,12-14H2,1H3,(H,21,24)/t16-/m0/s1. The van der Waals surface area contributed by atoms with Gasteiger partial charge in [0.2, 0.25) is 11.8 Å². The van der Waals surface area contributed by atoms with Gasteiger partial charge in [0, 0.05) is 25.2 Å². The summed E-state index contributed by atoms with van der Waals surface area (Å²) in [5.74, 6) is 0.358. The molecule has 1 saturated heterocycles. The fourth-order valence-electron chi connectivity index (χ4n) is 2.95. The Hall–Kier alpha value is -2.82. The SMILES string of the molecule is CCOc1ccc(NC(=O)[C@H]2CC(=O)N(Cc3ccccc3)C2)cc1. The Balaban J connectivity index is 1.57. The van der Waals surface area contributed by atoms with Crippen LogP contribution in [0.1, 0.15) is 18.9 Å². The second kappa shape index (κ2) is 7.83. The van der Waals surface area contributed by atoms with Crippen molar-refractivity contribution in [2.45, 2.75) is 19.9 Å². The molecule has 1 fully saturated rings.